The number of hydrogen-bond acceptors (Lipinski definition) is 3. The highest BCUT2D eigenvalue weighted by molar-refractivity contribution is 6.36. The van der Waals surface area contributed by atoms with Crippen LogP contribution in [0.1, 0.15) is 44.9 Å². The number of imide groups is 1. The van der Waals surface area contributed by atoms with Crippen LogP contribution in [-0.4, -0.2) is 28.7 Å². The van der Waals surface area contributed by atoms with Gasteiger partial charge in [-0.15, -0.1) is 0 Å². The summed E-state index contributed by atoms with van der Waals surface area (Å²) in [6.45, 7) is 0. The number of nitrogens with one attached hydrogen (secondary N) is 1. The first kappa shape index (κ1) is 19.4. The minimum atomic E-state index is -0.138. The Balaban J connectivity index is 1.21. The fourth-order valence-corrected chi connectivity index (χ4v) is 6.67. The van der Waals surface area contributed by atoms with Crippen LogP contribution in [0, 0.1) is 29.6 Å². The van der Waals surface area contributed by atoms with E-state index in [0.29, 0.717) is 53.3 Å². The van der Waals surface area contributed by atoms with Gasteiger partial charge in [-0.3, -0.25) is 19.3 Å². The highest BCUT2D eigenvalue weighted by Crippen LogP contribution is 2.56. The molecule has 3 aliphatic carbocycles. The molecule has 0 radical (unpaired) electrons. The maximum Gasteiger partial charge on any atom is 0.233 e. The summed E-state index contributed by atoms with van der Waals surface area (Å²) in [6.07, 6.45) is 5.97. The van der Waals surface area contributed by atoms with Crippen molar-refractivity contribution in [3.05, 3.63) is 28.2 Å². The lowest BCUT2D eigenvalue weighted by atomic mass is 9.81. The number of amides is 3. The van der Waals surface area contributed by atoms with E-state index >= 15 is 0 Å². The first-order valence-electron chi connectivity index (χ1n) is 10.6. The molecule has 29 heavy (non-hydrogen) atoms. The van der Waals surface area contributed by atoms with Crippen LogP contribution in [0.15, 0.2) is 18.2 Å². The van der Waals surface area contributed by atoms with Gasteiger partial charge in [-0.2, -0.15) is 0 Å². The molecule has 1 saturated heterocycles. The van der Waals surface area contributed by atoms with Gasteiger partial charge in [0.05, 0.1) is 22.5 Å². The third-order valence-electron chi connectivity index (χ3n) is 7.58. The Bertz CT molecular complexity index is 853. The second-order valence-corrected chi connectivity index (χ2v) is 9.89. The van der Waals surface area contributed by atoms with E-state index in [-0.39, 0.29) is 41.5 Å². The fourth-order valence-electron chi connectivity index (χ4n) is 6.21. The van der Waals surface area contributed by atoms with Crippen molar-refractivity contribution >= 4 is 46.6 Å². The second kappa shape index (κ2) is 7.28. The van der Waals surface area contributed by atoms with Gasteiger partial charge in [0.25, 0.3) is 0 Å². The molecule has 0 aromatic heterocycles. The Kier molecular flexibility index (Phi) is 4.86. The lowest BCUT2D eigenvalue weighted by Gasteiger charge is -2.33. The molecule has 154 valence electrons. The number of anilines is 1. The Hall–Kier alpha value is -1.59. The SMILES string of the molecule is O=C(Nc1ccc(Cl)cc1Cl)C1CCC(N2C(=O)[C@@H]3[C@H]4CC[C@@H](C4)[C@@H]3C2=O)CC1. The first-order chi connectivity index (χ1) is 13.9. The molecule has 5 rings (SSSR count). The second-order valence-electron chi connectivity index (χ2n) is 9.05. The van der Waals surface area contributed by atoms with Gasteiger partial charge in [0.1, 0.15) is 0 Å². The van der Waals surface area contributed by atoms with E-state index in [2.05, 4.69) is 5.32 Å². The van der Waals surface area contributed by atoms with Gasteiger partial charge in [-0.25, -0.2) is 0 Å². The number of carbonyl (C=O) groups is 3. The number of carbonyl (C=O) groups excluding carboxylic acids is 3. The van der Waals surface area contributed by atoms with Gasteiger partial charge in [0.2, 0.25) is 17.7 Å². The number of halogens is 2. The third kappa shape index (κ3) is 3.17. The van der Waals surface area contributed by atoms with E-state index in [4.69, 9.17) is 23.2 Å². The van der Waals surface area contributed by atoms with E-state index in [0.717, 1.165) is 19.3 Å². The van der Waals surface area contributed by atoms with Crippen LogP contribution in [0.5, 0.6) is 0 Å². The Morgan fingerprint density at radius 1 is 0.931 bits per heavy atom. The molecular formula is C22H24Cl2N2O3. The molecule has 1 aromatic rings. The predicted octanol–water partition coefficient (Wildman–Crippen LogP) is 4.52. The quantitative estimate of drug-likeness (QED) is 0.710. The first-order valence-corrected chi connectivity index (χ1v) is 11.3. The Morgan fingerprint density at radius 2 is 1.55 bits per heavy atom. The number of fused-ring (bicyclic) bond motifs is 5. The number of nitrogens with zero attached hydrogens (tertiary/aromatic N) is 1. The van der Waals surface area contributed by atoms with Crippen LogP contribution in [0.2, 0.25) is 10.0 Å². The van der Waals surface area contributed by atoms with Gasteiger partial charge < -0.3 is 5.32 Å². The number of hydrogen-bond donors (Lipinski definition) is 1. The van der Waals surface area contributed by atoms with Crippen molar-refractivity contribution in [2.24, 2.45) is 29.6 Å². The summed E-state index contributed by atoms with van der Waals surface area (Å²) in [4.78, 5) is 40.3. The van der Waals surface area contributed by atoms with Crippen LogP contribution in [0.3, 0.4) is 0 Å². The molecule has 1 aliphatic heterocycles. The molecule has 1 N–H and O–H groups in total. The van der Waals surface area contributed by atoms with E-state index in [1.54, 1.807) is 23.1 Å². The van der Waals surface area contributed by atoms with Gasteiger partial charge in [0, 0.05) is 17.0 Å². The van der Waals surface area contributed by atoms with Crippen LogP contribution in [0.25, 0.3) is 0 Å². The average Bonchev–Trinajstić information content (AvgIpc) is 3.38. The van der Waals surface area contributed by atoms with E-state index in [9.17, 15) is 14.4 Å². The van der Waals surface area contributed by atoms with Crippen LogP contribution < -0.4 is 5.32 Å². The summed E-state index contributed by atoms with van der Waals surface area (Å²) in [5.41, 5.74) is 0.552. The average molecular weight is 435 g/mol. The summed E-state index contributed by atoms with van der Waals surface area (Å²) in [5, 5.41) is 3.82. The monoisotopic (exact) mass is 434 g/mol. The minimum Gasteiger partial charge on any atom is -0.325 e. The molecule has 2 bridgehead atoms. The van der Waals surface area contributed by atoms with Crippen molar-refractivity contribution in [3.63, 3.8) is 0 Å². The highest BCUT2D eigenvalue weighted by atomic mass is 35.5. The van der Waals surface area contributed by atoms with E-state index < -0.39 is 0 Å². The Morgan fingerprint density at radius 3 is 2.14 bits per heavy atom. The van der Waals surface area contributed by atoms with E-state index in [1.165, 1.54) is 0 Å². The molecule has 7 heteroatoms. The highest BCUT2D eigenvalue weighted by Gasteiger charge is 2.61. The molecule has 1 heterocycles. The van der Waals surface area contributed by atoms with Crippen molar-refractivity contribution in [1.29, 1.82) is 0 Å². The molecule has 4 aliphatic rings. The summed E-state index contributed by atoms with van der Waals surface area (Å²) in [5.74, 6) is 0.628. The molecule has 0 unspecified atom stereocenters. The molecule has 5 nitrogen and oxygen atoms in total. The van der Waals surface area contributed by atoms with Crippen molar-refractivity contribution in [3.8, 4) is 0 Å². The van der Waals surface area contributed by atoms with Gasteiger partial charge in [-0.1, -0.05) is 23.2 Å². The van der Waals surface area contributed by atoms with Gasteiger partial charge in [0.15, 0.2) is 0 Å². The number of benzene rings is 1. The smallest absolute Gasteiger partial charge is 0.233 e. The summed E-state index contributed by atoms with van der Waals surface area (Å²) >= 11 is 12.1. The van der Waals surface area contributed by atoms with Crippen molar-refractivity contribution in [2.75, 3.05) is 5.32 Å². The largest absolute Gasteiger partial charge is 0.325 e. The molecular weight excluding hydrogens is 411 g/mol. The molecule has 0 spiro atoms. The fraction of sp³-hybridized carbons (Fsp3) is 0.591. The predicted molar refractivity (Wildman–Crippen MR) is 111 cm³/mol. The topological polar surface area (TPSA) is 66.5 Å². The normalized spacial score (nSPS) is 35.9. The Labute approximate surface area is 180 Å². The van der Waals surface area contributed by atoms with Crippen molar-refractivity contribution < 1.29 is 14.4 Å². The maximum atomic E-state index is 13.0. The van der Waals surface area contributed by atoms with Crippen molar-refractivity contribution in [2.45, 2.75) is 51.0 Å². The van der Waals surface area contributed by atoms with E-state index in [1.807, 2.05) is 0 Å². The lowest BCUT2D eigenvalue weighted by Crippen LogP contribution is -2.44. The van der Waals surface area contributed by atoms with Crippen molar-refractivity contribution in [1.82, 2.24) is 4.90 Å². The maximum absolute atomic E-state index is 13.0. The van der Waals surface area contributed by atoms with Crippen LogP contribution in [0.4, 0.5) is 5.69 Å². The van der Waals surface area contributed by atoms with Gasteiger partial charge in [-0.05, 0) is 75.0 Å². The van der Waals surface area contributed by atoms with Crippen LogP contribution >= 0.6 is 23.2 Å². The number of rotatable bonds is 3. The van der Waals surface area contributed by atoms with Crippen LogP contribution in [-0.2, 0) is 14.4 Å². The zero-order valence-corrected chi connectivity index (χ0v) is 17.6. The minimum absolute atomic E-state index is 0.0526. The standard InChI is InChI=1S/C22H24Cl2N2O3/c23-14-5-8-17(16(24)10-14)25-20(27)11-3-6-15(7-4-11)26-21(28)18-12-1-2-13(9-12)19(18)22(26)29/h5,8,10-13,15,18-19H,1-4,6-7,9H2,(H,25,27)/t11?,12-,13-,15?,18-,19+/m0/s1. The number of likely N-dealkylation sites (tertiary alicyclic amines) is 1. The molecule has 3 amide bonds. The molecule has 4 fully saturated rings. The van der Waals surface area contributed by atoms with Gasteiger partial charge >= 0.3 is 0 Å². The molecule has 1 aromatic carbocycles. The zero-order chi connectivity index (χ0) is 20.3. The summed E-state index contributed by atoms with van der Waals surface area (Å²) in [7, 11) is 0. The molecule has 3 saturated carbocycles. The zero-order valence-electron chi connectivity index (χ0n) is 16.1. The lowest BCUT2D eigenvalue weighted by molar-refractivity contribution is -0.144. The summed E-state index contributed by atoms with van der Waals surface area (Å²) in [6, 6.07) is 4.94. The summed E-state index contributed by atoms with van der Waals surface area (Å²) < 4.78 is 0. The molecule has 4 atom stereocenters. The third-order valence-corrected chi connectivity index (χ3v) is 8.13.